The van der Waals surface area contributed by atoms with Gasteiger partial charge in [-0.1, -0.05) is 18.2 Å². The van der Waals surface area contributed by atoms with Crippen molar-refractivity contribution in [2.75, 3.05) is 0 Å². The van der Waals surface area contributed by atoms with Crippen LogP contribution in [0.2, 0.25) is 0 Å². The van der Waals surface area contributed by atoms with Crippen LogP contribution >= 0.6 is 0 Å². The molecule has 0 aliphatic heterocycles. The number of hydrogen-bond donors (Lipinski definition) is 1. The fourth-order valence-electron chi connectivity index (χ4n) is 3.64. The Morgan fingerprint density at radius 3 is 2.68 bits per heavy atom. The van der Waals surface area contributed by atoms with Gasteiger partial charge in [0.2, 0.25) is 0 Å². The molecular weight excluding hydrogens is 250 g/mol. The first kappa shape index (κ1) is 12.3. The van der Waals surface area contributed by atoms with Gasteiger partial charge in [0.05, 0.1) is 0 Å². The molecule has 19 heavy (non-hydrogen) atoms. The Balaban J connectivity index is 1.97. The number of aliphatic carboxylic acids is 1. The number of carbonyl (C=O) groups is 1. The van der Waals surface area contributed by atoms with Crippen molar-refractivity contribution in [2.24, 2.45) is 17.8 Å². The van der Waals surface area contributed by atoms with Crippen LogP contribution in [0.15, 0.2) is 30.4 Å². The second kappa shape index (κ2) is 4.44. The fourth-order valence-corrected chi connectivity index (χ4v) is 3.64. The predicted molar refractivity (Wildman–Crippen MR) is 65.6 cm³/mol. The summed E-state index contributed by atoms with van der Waals surface area (Å²) in [6.45, 7) is 0. The molecular formula is C15H14F2O2. The van der Waals surface area contributed by atoms with E-state index in [9.17, 15) is 13.6 Å². The summed E-state index contributed by atoms with van der Waals surface area (Å²) in [4.78, 5) is 11.0. The number of fused-ring (bicyclic) bond motifs is 2. The number of carboxylic acid groups (broad SMARTS) is 1. The zero-order valence-electron chi connectivity index (χ0n) is 10.2. The van der Waals surface area contributed by atoms with Gasteiger partial charge in [0.1, 0.15) is 11.6 Å². The van der Waals surface area contributed by atoms with Crippen LogP contribution in [0.5, 0.6) is 0 Å². The van der Waals surface area contributed by atoms with Gasteiger partial charge >= 0.3 is 5.97 Å². The molecule has 1 aromatic carbocycles. The molecule has 1 N–H and O–H groups in total. The van der Waals surface area contributed by atoms with E-state index in [0.717, 1.165) is 12.5 Å². The molecule has 4 atom stereocenters. The normalized spacial score (nSPS) is 31.9. The van der Waals surface area contributed by atoms with E-state index in [4.69, 9.17) is 5.11 Å². The second-order valence-electron chi connectivity index (χ2n) is 5.40. The number of carboxylic acids is 1. The number of hydrogen-bond acceptors (Lipinski definition) is 1. The number of allylic oxidation sites excluding steroid dienone is 2. The summed E-state index contributed by atoms with van der Waals surface area (Å²) in [7, 11) is 0. The van der Waals surface area contributed by atoms with E-state index < -0.39 is 17.6 Å². The van der Waals surface area contributed by atoms with Gasteiger partial charge in [-0.15, -0.1) is 0 Å². The highest BCUT2D eigenvalue weighted by Crippen LogP contribution is 2.54. The predicted octanol–water partition coefficient (Wildman–Crippen LogP) is 3.35. The Bertz CT molecular complexity index is 553. The molecule has 0 amide bonds. The van der Waals surface area contributed by atoms with E-state index in [1.807, 2.05) is 12.2 Å². The zero-order chi connectivity index (χ0) is 13.6. The molecule has 0 radical (unpaired) electrons. The molecule has 0 aromatic heterocycles. The van der Waals surface area contributed by atoms with Crippen molar-refractivity contribution in [1.29, 1.82) is 0 Å². The Morgan fingerprint density at radius 1 is 1.26 bits per heavy atom. The molecule has 4 heteroatoms. The Kier molecular flexibility index (Phi) is 2.88. The lowest BCUT2D eigenvalue weighted by Crippen LogP contribution is -2.21. The molecule has 2 aliphatic rings. The summed E-state index contributed by atoms with van der Waals surface area (Å²) in [6, 6.07) is 3.58. The minimum absolute atomic E-state index is 0.0347. The summed E-state index contributed by atoms with van der Waals surface area (Å²) in [5.41, 5.74) is 0.449. The molecule has 1 fully saturated rings. The lowest BCUT2D eigenvalue weighted by atomic mass is 9.77. The lowest BCUT2D eigenvalue weighted by Gasteiger charge is -2.27. The lowest BCUT2D eigenvalue weighted by molar-refractivity contribution is -0.138. The third kappa shape index (κ3) is 2.05. The maximum absolute atomic E-state index is 13.9. The summed E-state index contributed by atoms with van der Waals surface area (Å²) < 4.78 is 26.9. The summed E-state index contributed by atoms with van der Waals surface area (Å²) >= 11 is 0. The SMILES string of the molecule is O=C(O)CC1C2C=CC(C2)C1c1ccc(F)cc1F. The summed E-state index contributed by atoms with van der Waals surface area (Å²) in [5, 5.41) is 9.00. The first-order chi connectivity index (χ1) is 9.06. The minimum atomic E-state index is -0.863. The number of rotatable bonds is 3. The van der Waals surface area contributed by atoms with Crippen LogP contribution in [0, 0.1) is 29.4 Å². The van der Waals surface area contributed by atoms with Crippen molar-refractivity contribution in [2.45, 2.75) is 18.8 Å². The molecule has 0 spiro atoms. The van der Waals surface area contributed by atoms with Gasteiger partial charge in [-0.05, 0) is 41.7 Å². The van der Waals surface area contributed by atoms with E-state index >= 15 is 0 Å². The van der Waals surface area contributed by atoms with E-state index in [2.05, 4.69) is 0 Å². The Morgan fingerprint density at radius 2 is 2.00 bits per heavy atom. The third-order valence-electron chi connectivity index (χ3n) is 4.35. The number of benzene rings is 1. The Labute approximate surface area is 109 Å². The average molecular weight is 264 g/mol. The van der Waals surface area contributed by atoms with Gasteiger partial charge in [-0.2, -0.15) is 0 Å². The highest BCUT2D eigenvalue weighted by atomic mass is 19.1. The topological polar surface area (TPSA) is 37.3 Å². The van der Waals surface area contributed by atoms with Crippen LogP contribution in [0.1, 0.15) is 24.3 Å². The molecule has 100 valence electrons. The minimum Gasteiger partial charge on any atom is -0.481 e. The second-order valence-corrected chi connectivity index (χ2v) is 5.40. The maximum Gasteiger partial charge on any atom is 0.303 e. The van der Waals surface area contributed by atoms with Crippen molar-refractivity contribution in [3.05, 3.63) is 47.5 Å². The highest BCUT2D eigenvalue weighted by molar-refractivity contribution is 5.67. The van der Waals surface area contributed by atoms with Gasteiger partial charge in [-0.25, -0.2) is 8.78 Å². The molecule has 2 nitrogen and oxygen atoms in total. The maximum atomic E-state index is 13.9. The largest absolute Gasteiger partial charge is 0.481 e. The third-order valence-corrected chi connectivity index (χ3v) is 4.35. The monoisotopic (exact) mass is 264 g/mol. The van der Waals surface area contributed by atoms with Gasteiger partial charge < -0.3 is 5.11 Å². The molecule has 0 saturated heterocycles. The first-order valence-electron chi connectivity index (χ1n) is 6.41. The average Bonchev–Trinajstić information content (AvgIpc) is 2.90. The van der Waals surface area contributed by atoms with Crippen LogP contribution in [0.25, 0.3) is 0 Å². The van der Waals surface area contributed by atoms with Gasteiger partial charge in [0.25, 0.3) is 0 Å². The molecule has 2 bridgehead atoms. The van der Waals surface area contributed by atoms with Crippen LogP contribution in [-0.4, -0.2) is 11.1 Å². The van der Waals surface area contributed by atoms with Gasteiger partial charge in [0, 0.05) is 12.5 Å². The van der Waals surface area contributed by atoms with Crippen molar-refractivity contribution >= 4 is 5.97 Å². The molecule has 2 aliphatic carbocycles. The molecule has 3 rings (SSSR count). The Hall–Kier alpha value is -1.71. The standard InChI is InChI=1S/C15H14F2O2/c16-10-3-4-11(13(17)6-10)15-9-2-1-8(5-9)12(15)7-14(18)19/h1-4,6,8-9,12,15H,5,7H2,(H,18,19). The van der Waals surface area contributed by atoms with Crippen molar-refractivity contribution in [1.82, 2.24) is 0 Å². The van der Waals surface area contributed by atoms with Crippen LogP contribution in [0.3, 0.4) is 0 Å². The van der Waals surface area contributed by atoms with E-state index in [-0.39, 0.29) is 30.1 Å². The van der Waals surface area contributed by atoms with Gasteiger partial charge in [0.15, 0.2) is 0 Å². The summed E-state index contributed by atoms with van der Waals surface area (Å²) in [6.07, 6.45) is 4.99. The van der Waals surface area contributed by atoms with Crippen molar-refractivity contribution in [3.63, 3.8) is 0 Å². The van der Waals surface area contributed by atoms with Crippen LogP contribution in [-0.2, 0) is 4.79 Å². The fraction of sp³-hybridized carbons (Fsp3) is 0.400. The van der Waals surface area contributed by atoms with Crippen LogP contribution in [0.4, 0.5) is 8.78 Å². The molecule has 0 heterocycles. The quantitative estimate of drug-likeness (QED) is 0.850. The first-order valence-corrected chi connectivity index (χ1v) is 6.41. The van der Waals surface area contributed by atoms with Gasteiger partial charge in [-0.3, -0.25) is 4.79 Å². The highest BCUT2D eigenvalue weighted by Gasteiger charge is 2.46. The summed E-state index contributed by atoms with van der Waals surface area (Å²) in [5.74, 6) is -1.89. The number of halogens is 2. The van der Waals surface area contributed by atoms with E-state index in [0.29, 0.717) is 5.56 Å². The smallest absolute Gasteiger partial charge is 0.303 e. The molecule has 1 saturated carbocycles. The van der Waals surface area contributed by atoms with E-state index in [1.54, 1.807) is 0 Å². The zero-order valence-corrected chi connectivity index (χ0v) is 10.2. The van der Waals surface area contributed by atoms with Crippen molar-refractivity contribution in [3.8, 4) is 0 Å². The van der Waals surface area contributed by atoms with Crippen LogP contribution < -0.4 is 0 Å². The molecule has 4 unspecified atom stereocenters. The van der Waals surface area contributed by atoms with E-state index in [1.165, 1.54) is 12.1 Å². The van der Waals surface area contributed by atoms with Crippen molar-refractivity contribution < 1.29 is 18.7 Å². The molecule has 1 aromatic rings.